The third-order valence-corrected chi connectivity index (χ3v) is 5.61. The Bertz CT molecular complexity index is 1070. The van der Waals surface area contributed by atoms with E-state index in [-0.39, 0.29) is 24.6 Å². The molecule has 1 N–H and O–H groups in total. The molecule has 0 aliphatic carbocycles. The van der Waals surface area contributed by atoms with Gasteiger partial charge in [-0.3, -0.25) is 4.79 Å². The lowest BCUT2D eigenvalue weighted by Gasteiger charge is -2.14. The molecule has 31 heavy (non-hydrogen) atoms. The number of methoxy groups -OCH3 is 1. The number of hydrogen-bond acceptors (Lipinski definition) is 8. The maximum atomic E-state index is 12.3. The topological polar surface area (TPSA) is 96.7 Å². The standard InChI is InChI=1S/C21H22N4O5S/c1-13(30-16-7-5-15(27-3)6-8-16)20-23-24-21(25(20)2)31-11-19(26)22-14-4-9-17-18(10-14)29-12-28-17/h4-10,13H,11-12H2,1-3H3,(H,22,26). The lowest BCUT2D eigenvalue weighted by atomic mass is 10.3. The molecular weight excluding hydrogens is 420 g/mol. The molecule has 0 fully saturated rings. The van der Waals surface area contributed by atoms with E-state index in [1.165, 1.54) is 11.8 Å². The Labute approximate surface area is 183 Å². The summed E-state index contributed by atoms with van der Waals surface area (Å²) in [5, 5.41) is 11.9. The van der Waals surface area contributed by atoms with E-state index in [9.17, 15) is 4.79 Å². The number of aromatic nitrogens is 3. The van der Waals surface area contributed by atoms with Crippen LogP contribution in [0.3, 0.4) is 0 Å². The van der Waals surface area contributed by atoms with Crippen molar-refractivity contribution in [2.45, 2.75) is 18.2 Å². The molecule has 1 amide bonds. The molecule has 4 rings (SSSR count). The van der Waals surface area contributed by atoms with Crippen LogP contribution in [0.15, 0.2) is 47.6 Å². The van der Waals surface area contributed by atoms with Crippen LogP contribution in [0.4, 0.5) is 5.69 Å². The van der Waals surface area contributed by atoms with Crippen LogP contribution in [0.5, 0.6) is 23.0 Å². The summed E-state index contributed by atoms with van der Waals surface area (Å²) in [5.74, 6) is 3.45. The van der Waals surface area contributed by atoms with Gasteiger partial charge in [-0.15, -0.1) is 10.2 Å². The van der Waals surface area contributed by atoms with Gasteiger partial charge >= 0.3 is 0 Å². The molecule has 0 saturated carbocycles. The van der Waals surface area contributed by atoms with Crippen LogP contribution in [-0.4, -0.2) is 40.3 Å². The maximum Gasteiger partial charge on any atom is 0.234 e. The second-order valence-electron chi connectivity index (χ2n) is 6.74. The molecule has 1 aromatic heterocycles. The summed E-state index contributed by atoms with van der Waals surface area (Å²) < 4.78 is 23.5. The molecule has 3 aromatic rings. The number of carbonyl (C=O) groups is 1. The van der Waals surface area contributed by atoms with Crippen LogP contribution in [0.1, 0.15) is 18.9 Å². The van der Waals surface area contributed by atoms with Crippen molar-refractivity contribution in [2.75, 3.05) is 25.0 Å². The Kier molecular flexibility index (Phi) is 6.17. The number of fused-ring (bicyclic) bond motifs is 1. The molecule has 9 nitrogen and oxygen atoms in total. The van der Waals surface area contributed by atoms with Crippen molar-refractivity contribution >= 4 is 23.4 Å². The van der Waals surface area contributed by atoms with E-state index in [4.69, 9.17) is 18.9 Å². The fourth-order valence-electron chi connectivity index (χ4n) is 3.02. The van der Waals surface area contributed by atoms with Crippen molar-refractivity contribution < 1.29 is 23.7 Å². The number of carbonyl (C=O) groups excluding carboxylic acids is 1. The van der Waals surface area contributed by atoms with Crippen LogP contribution in [-0.2, 0) is 11.8 Å². The van der Waals surface area contributed by atoms with Crippen molar-refractivity contribution in [1.82, 2.24) is 14.8 Å². The summed E-state index contributed by atoms with van der Waals surface area (Å²) in [4.78, 5) is 12.3. The summed E-state index contributed by atoms with van der Waals surface area (Å²) in [6.07, 6.45) is -0.317. The van der Waals surface area contributed by atoms with Crippen molar-refractivity contribution in [3.8, 4) is 23.0 Å². The zero-order chi connectivity index (χ0) is 21.8. The van der Waals surface area contributed by atoms with Crippen molar-refractivity contribution in [3.05, 3.63) is 48.3 Å². The zero-order valence-corrected chi connectivity index (χ0v) is 18.1. The Morgan fingerprint density at radius 2 is 1.90 bits per heavy atom. The van der Waals surface area contributed by atoms with Crippen molar-refractivity contribution in [1.29, 1.82) is 0 Å². The third kappa shape index (κ3) is 4.85. The molecule has 2 aromatic carbocycles. The number of ether oxygens (including phenoxy) is 4. The molecule has 0 spiro atoms. The fraction of sp³-hybridized carbons (Fsp3) is 0.286. The van der Waals surface area contributed by atoms with Gasteiger partial charge in [0.2, 0.25) is 12.7 Å². The highest BCUT2D eigenvalue weighted by Gasteiger charge is 2.19. The van der Waals surface area contributed by atoms with Gasteiger partial charge in [-0.1, -0.05) is 11.8 Å². The highest BCUT2D eigenvalue weighted by Crippen LogP contribution is 2.34. The number of nitrogens with zero attached hydrogens (tertiary/aromatic N) is 3. The Morgan fingerprint density at radius 1 is 1.16 bits per heavy atom. The van der Waals surface area contributed by atoms with E-state index in [0.717, 1.165) is 5.75 Å². The number of rotatable bonds is 8. The number of benzene rings is 2. The number of nitrogens with one attached hydrogen (secondary N) is 1. The molecule has 162 valence electrons. The smallest absolute Gasteiger partial charge is 0.234 e. The average Bonchev–Trinajstić information content (AvgIpc) is 3.38. The van der Waals surface area contributed by atoms with E-state index in [1.54, 1.807) is 25.3 Å². The Morgan fingerprint density at radius 3 is 2.68 bits per heavy atom. The Hall–Kier alpha value is -3.40. The molecule has 1 aliphatic heterocycles. The first-order chi connectivity index (χ1) is 15.0. The second-order valence-corrected chi connectivity index (χ2v) is 7.68. The molecule has 1 unspecified atom stereocenters. The summed E-state index contributed by atoms with van der Waals surface area (Å²) in [7, 11) is 3.47. The van der Waals surface area contributed by atoms with Gasteiger partial charge in [-0.05, 0) is 43.3 Å². The Balaban J connectivity index is 1.32. The van der Waals surface area contributed by atoms with Crippen molar-refractivity contribution in [3.63, 3.8) is 0 Å². The predicted octanol–water partition coefficient (Wildman–Crippen LogP) is 3.42. The normalized spacial score (nSPS) is 13.0. The summed E-state index contributed by atoms with van der Waals surface area (Å²) in [5.41, 5.74) is 0.648. The number of amides is 1. The van der Waals surface area contributed by atoms with Gasteiger partial charge in [0.05, 0.1) is 12.9 Å². The lowest BCUT2D eigenvalue weighted by molar-refractivity contribution is -0.113. The van der Waals surface area contributed by atoms with Crippen LogP contribution in [0.2, 0.25) is 0 Å². The number of hydrogen-bond donors (Lipinski definition) is 1. The molecule has 1 atom stereocenters. The minimum Gasteiger partial charge on any atom is -0.497 e. The highest BCUT2D eigenvalue weighted by molar-refractivity contribution is 7.99. The van der Waals surface area contributed by atoms with Crippen LogP contribution >= 0.6 is 11.8 Å². The van der Waals surface area contributed by atoms with Gasteiger partial charge in [0, 0.05) is 18.8 Å². The molecule has 0 radical (unpaired) electrons. The predicted molar refractivity (Wildman–Crippen MR) is 115 cm³/mol. The SMILES string of the molecule is COc1ccc(OC(C)c2nnc(SCC(=O)Nc3ccc4c(c3)OCO4)n2C)cc1. The van der Waals surface area contributed by atoms with Gasteiger partial charge in [0.15, 0.2) is 28.6 Å². The number of thioether (sulfide) groups is 1. The van der Waals surface area contributed by atoms with E-state index < -0.39 is 0 Å². The molecule has 0 saturated heterocycles. The van der Waals surface area contributed by atoms with Gasteiger partial charge in [-0.25, -0.2) is 0 Å². The van der Waals surface area contributed by atoms with Crippen LogP contribution in [0, 0.1) is 0 Å². The first-order valence-corrected chi connectivity index (χ1v) is 10.5. The van der Waals surface area contributed by atoms with E-state index in [1.807, 2.05) is 42.8 Å². The number of anilines is 1. The molecular formula is C21H22N4O5S. The quantitative estimate of drug-likeness (QED) is 0.530. The molecule has 2 heterocycles. The van der Waals surface area contributed by atoms with Crippen LogP contribution in [0.25, 0.3) is 0 Å². The van der Waals surface area contributed by atoms with E-state index >= 15 is 0 Å². The first kappa shape index (κ1) is 20.9. The first-order valence-electron chi connectivity index (χ1n) is 9.56. The minimum absolute atomic E-state index is 0.157. The van der Waals surface area contributed by atoms with Crippen LogP contribution < -0.4 is 24.3 Å². The average molecular weight is 442 g/mol. The molecule has 0 bridgehead atoms. The van der Waals surface area contributed by atoms with E-state index in [2.05, 4.69) is 15.5 Å². The van der Waals surface area contributed by atoms with Gasteiger partial charge in [0.25, 0.3) is 0 Å². The molecule has 10 heteroatoms. The summed E-state index contributed by atoms with van der Waals surface area (Å²) in [6.45, 7) is 2.09. The fourth-order valence-corrected chi connectivity index (χ4v) is 3.74. The minimum atomic E-state index is -0.317. The largest absolute Gasteiger partial charge is 0.497 e. The second kappa shape index (κ2) is 9.17. The van der Waals surface area contributed by atoms with Gasteiger partial charge in [-0.2, -0.15) is 0 Å². The lowest BCUT2D eigenvalue weighted by Crippen LogP contribution is -2.14. The van der Waals surface area contributed by atoms with Crippen molar-refractivity contribution in [2.24, 2.45) is 7.05 Å². The monoisotopic (exact) mass is 442 g/mol. The molecule has 1 aliphatic rings. The van der Waals surface area contributed by atoms with E-state index in [0.29, 0.717) is 33.9 Å². The van der Waals surface area contributed by atoms with Gasteiger partial charge < -0.3 is 28.8 Å². The zero-order valence-electron chi connectivity index (χ0n) is 17.3. The highest BCUT2D eigenvalue weighted by atomic mass is 32.2. The van der Waals surface area contributed by atoms with Gasteiger partial charge in [0.1, 0.15) is 11.5 Å². The summed E-state index contributed by atoms with van der Waals surface area (Å²) in [6, 6.07) is 12.6. The maximum absolute atomic E-state index is 12.3. The third-order valence-electron chi connectivity index (χ3n) is 4.59. The summed E-state index contributed by atoms with van der Waals surface area (Å²) >= 11 is 1.30.